The summed E-state index contributed by atoms with van der Waals surface area (Å²) in [4.78, 5) is 25.0. The first-order valence-corrected chi connectivity index (χ1v) is 6.93. The largest absolute Gasteiger partial charge is 0.495 e. The number of ether oxygens (including phenoxy) is 1. The molecule has 2 atom stereocenters. The fourth-order valence-corrected chi connectivity index (χ4v) is 2.64. The van der Waals surface area contributed by atoms with Gasteiger partial charge in [0.1, 0.15) is 5.75 Å². The lowest BCUT2D eigenvalue weighted by Gasteiger charge is -2.34. The van der Waals surface area contributed by atoms with Crippen molar-refractivity contribution in [1.29, 1.82) is 0 Å². The SMILES string of the molecule is COc1ccccc1NC(=O)N1CC(C)CC(C(=O)O)C1. The summed E-state index contributed by atoms with van der Waals surface area (Å²) in [7, 11) is 1.54. The van der Waals surface area contributed by atoms with Crippen molar-refractivity contribution in [3.63, 3.8) is 0 Å². The van der Waals surface area contributed by atoms with E-state index >= 15 is 0 Å². The number of methoxy groups -OCH3 is 1. The average molecular weight is 292 g/mol. The molecule has 2 unspecified atom stereocenters. The van der Waals surface area contributed by atoms with Crippen LogP contribution in [0.4, 0.5) is 10.5 Å². The van der Waals surface area contributed by atoms with Crippen molar-refractivity contribution >= 4 is 17.7 Å². The number of nitrogens with zero attached hydrogens (tertiary/aromatic N) is 1. The van der Waals surface area contributed by atoms with Crippen molar-refractivity contribution in [3.05, 3.63) is 24.3 Å². The molecule has 1 fully saturated rings. The van der Waals surface area contributed by atoms with Gasteiger partial charge in [0.05, 0.1) is 18.7 Å². The van der Waals surface area contributed by atoms with E-state index in [0.29, 0.717) is 24.4 Å². The Morgan fingerprint density at radius 1 is 1.33 bits per heavy atom. The minimum Gasteiger partial charge on any atom is -0.495 e. The quantitative estimate of drug-likeness (QED) is 0.895. The smallest absolute Gasteiger partial charge is 0.321 e. The van der Waals surface area contributed by atoms with Crippen molar-refractivity contribution in [2.75, 3.05) is 25.5 Å². The molecule has 2 amide bonds. The average Bonchev–Trinajstić information content (AvgIpc) is 2.47. The molecule has 1 heterocycles. The molecule has 6 heteroatoms. The van der Waals surface area contributed by atoms with Crippen LogP contribution in [0.15, 0.2) is 24.3 Å². The molecular weight excluding hydrogens is 272 g/mol. The van der Waals surface area contributed by atoms with Gasteiger partial charge in [-0.05, 0) is 24.5 Å². The highest BCUT2D eigenvalue weighted by Crippen LogP contribution is 2.26. The highest BCUT2D eigenvalue weighted by molar-refractivity contribution is 5.91. The summed E-state index contributed by atoms with van der Waals surface area (Å²) in [5.74, 6) is -0.609. The van der Waals surface area contributed by atoms with Crippen LogP contribution in [0.2, 0.25) is 0 Å². The van der Waals surface area contributed by atoms with E-state index in [4.69, 9.17) is 9.84 Å². The maximum atomic E-state index is 12.3. The number of hydrogen-bond acceptors (Lipinski definition) is 3. The third-order valence-corrected chi connectivity index (χ3v) is 3.64. The van der Waals surface area contributed by atoms with E-state index in [1.165, 1.54) is 7.11 Å². The number of likely N-dealkylation sites (tertiary alicyclic amines) is 1. The summed E-state index contributed by atoms with van der Waals surface area (Å²) in [6, 6.07) is 6.83. The molecule has 2 N–H and O–H groups in total. The molecule has 1 aliphatic rings. The summed E-state index contributed by atoms with van der Waals surface area (Å²) in [5.41, 5.74) is 0.579. The standard InChI is InChI=1S/C15H20N2O4/c1-10-7-11(14(18)19)9-17(8-10)15(20)16-12-5-3-4-6-13(12)21-2/h3-6,10-11H,7-9H2,1-2H3,(H,16,20)(H,18,19). The number of benzene rings is 1. The molecule has 1 saturated heterocycles. The molecule has 0 spiro atoms. The molecule has 114 valence electrons. The fraction of sp³-hybridized carbons (Fsp3) is 0.467. The number of carboxylic acids is 1. The van der Waals surface area contributed by atoms with Gasteiger partial charge in [0.15, 0.2) is 0 Å². The van der Waals surface area contributed by atoms with Gasteiger partial charge < -0.3 is 20.1 Å². The van der Waals surface area contributed by atoms with E-state index < -0.39 is 11.9 Å². The number of carbonyl (C=O) groups excluding carboxylic acids is 1. The molecular formula is C15H20N2O4. The number of anilines is 1. The molecule has 1 aromatic rings. The topological polar surface area (TPSA) is 78.9 Å². The fourth-order valence-electron chi connectivity index (χ4n) is 2.64. The van der Waals surface area contributed by atoms with Crippen LogP contribution in [0.3, 0.4) is 0 Å². The van der Waals surface area contributed by atoms with Crippen LogP contribution in [-0.2, 0) is 4.79 Å². The molecule has 0 aliphatic carbocycles. The molecule has 1 aromatic carbocycles. The van der Waals surface area contributed by atoms with Gasteiger partial charge in [0, 0.05) is 13.1 Å². The number of urea groups is 1. The second-order valence-corrected chi connectivity index (χ2v) is 5.41. The Hall–Kier alpha value is -2.24. The van der Waals surface area contributed by atoms with Crippen LogP contribution >= 0.6 is 0 Å². The maximum Gasteiger partial charge on any atom is 0.321 e. The zero-order valence-corrected chi connectivity index (χ0v) is 12.2. The minimum atomic E-state index is -0.850. The Kier molecular flexibility index (Phi) is 4.67. The maximum absolute atomic E-state index is 12.3. The lowest BCUT2D eigenvalue weighted by Crippen LogP contribution is -2.47. The number of rotatable bonds is 3. The summed E-state index contributed by atoms with van der Waals surface area (Å²) in [5, 5.41) is 11.9. The lowest BCUT2D eigenvalue weighted by atomic mass is 9.91. The van der Waals surface area contributed by atoms with Crippen molar-refractivity contribution in [3.8, 4) is 5.75 Å². The third-order valence-electron chi connectivity index (χ3n) is 3.64. The van der Waals surface area contributed by atoms with Gasteiger partial charge in [-0.2, -0.15) is 0 Å². The van der Waals surface area contributed by atoms with Crippen LogP contribution in [0.5, 0.6) is 5.75 Å². The van der Waals surface area contributed by atoms with Gasteiger partial charge in [-0.15, -0.1) is 0 Å². The Labute approximate surface area is 123 Å². The van der Waals surface area contributed by atoms with Gasteiger partial charge >= 0.3 is 12.0 Å². The normalized spacial score (nSPS) is 21.7. The third kappa shape index (κ3) is 3.65. The molecule has 0 aromatic heterocycles. The van der Waals surface area contributed by atoms with Crippen molar-refractivity contribution in [2.24, 2.45) is 11.8 Å². The Morgan fingerprint density at radius 2 is 2.05 bits per heavy atom. The van der Waals surface area contributed by atoms with Crippen LogP contribution in [0.1, 0.15) is 13.3 Å². The van der Waals surface area contributed by atoms with E-state index in [0.717, 1.165) is 0 Å². The number of hydrogen-bond donors (Lipinski definition) is 2. The second kappa shape index (κ2) is 6.47. The van der Waals surface area contributed by atoms with Crippen molar-refractivity contribution < 1.29 is 19.4 Å². The number of aliphatic carboxylic acids is 1. The van der Waals surface area contributed by atoms with Gasteiger partial charge in [-0.1, -0.05) is 19.1 Å². The summed E-state index contributed by atoms with van der Waals surface area (Å²) >= 11 is 0. The highest BCUT2D eigenvalue weighted by Gasteiger charge is 2.32. The van der Waals surface area contributed by atoms with Crippen LogP contribution in [-0.4, -0.2) is 42.2 Å². The second-order valence-electron chi connectivity index (χ2n) is 5.41. The minimum absolute atomic E-state index is 0.170. The van der Waals surface area contributed by atoms with Gasteiger partial charge in [-0.25, -0.2) is 4.79 Å². The molecule has 1 aliphatic heterocycles. The first-order valence-electron chi connectivity index (χ1n) is 6.93. The predicted octanol–water partition coefficient (Wildman–Crippen LogP) is 2.27. The Morgan fingerprint density at radius 3 is 2.71 bits per heavy atom. The van der Waals surface area contributed by atoms with Crippen LogP contribution in [0, 0.1) is 11.8 Å². The molecule has 0 saturated carbocycles. The number of carbonyl (C=O) groups is 2. The number of para-hydroxylation sites is 2. The van der Waals surface area contributed by atoms with E-state index in [-0.39, 0.29) is 18.5 Å². The zero-order chi connectivity index (χ0) is 15.4. The Bertz CT molecular complexity index is 532. The zero-order valence-electron chi connectivity index (χ0n) is 12.2. The first-order chi connectivity index (χ1) is 10.0. The van der Waals surface area contributed by atoms with E-state index in [1.54, 1.807) is 23.1 Å². The van der Waals surface area contributed by atoms with E-state index in [9.17, 15) is 9.59 Å². The first kappa shape index (κ1) is 15.2. The molecule has 0 bridgehead atoms. The molecule has 6 nitrogen and oxygen atoms in total. The molecule has 2 rings (SSSR count). The van der Waals surface area contributed by atoms with Crippen LogP contribution in [0.25, 0.3) is 0 Å². The Balaban J connectivity index is 2.07. The van der Waals surface area contributed by atoms with E-state index in [1.807, 2.05) is 13.0 Å². The number of piperidine rings is 1. The molecule has 21 heavy (non-hydrogen) atoms. The highest BCUT2D eigenvalue weighted by atomic mass is 16.5. The van der Waals surface area contributed by atoms with Crippen molar-refractivity contribution in [2.45, 2.75) is 13.3 Å². The van der Waals surface area contributed by atoms with Crippen LogP contribution < -0.4 is 10.1 Å². The van der Waals surface area contributed by atoms with Gasteiger partial charge in [0.2, 0.25) is 0 Å². The van der Waals surface area contributed by atoms with Crippen molar-refractivity contribution in [1.82, 2.24) is 4.90 Å². The summed E-state index contributed by atoms with van der Waals surface area (Å²) < 4.78 is 5.19. The summed E-state index contributed by atoms with van der Waals surface area (Å²) in [6.07, 6.45) is 0.605. The number of amides is 2. The van der Waals surface area contributed by atoms with Gasteiger partial charge in [0.25, 0.3) is 0 Å². The monoisotopic (exact) mass is 292 g/mol. The van der Waals surface area contributed by atoms with E-state index in [2.05, 4.69) is 5.32 Å². The number of carboxylic acid groups (broad SMARTS) is 1. The summed E-state index contributed by atoms with van der Waals surface area (Å²) in [6.45, 7) is 2.75. The lowest BCUT2D eigenvalue weighted by molar-refractivity contribution is -0.143. The predicted molar refractivity (Wildman–Crippen MR) is 78.5 cm³/mol. The van der Waals surface area contributed by atoms with Gasteiger partial charge in [-0.3, -0.25) is 4.79 Å². The number of nitrogens with one attached hydrogen (secondary N) is 1. The molecule has 0 radical (unpaired) electrons.